The van der Waals surface area contributed by atoms with Crippen molar-refractivity contribution in [1.29, 1.82) is 0 Å². The number of likely N-dealkylation sites (N-methyl/N-ethyl adjacent to an activating group) is 1. The molecule has 1 aromatic rings. The van der Waals surface area contributed by atoms with Crippen LogP contribution in [0.1, 0.15) is 38.2 Å². The highest BCUT2D eigenvalue weighted by Crippen LogP contribution is 2.32. The first-order valence-electron chi connectivity index (χ1n) is 7.65. The number of benzene rings is 1. The van der Waals surface area contributed by atoms with Crippen LogP contribution in [0.4, 0.5) is 0 Å². The molecule has 19 heavy (non-hydrogen) atoms. The van der Waals surface area contributed by atoms with E-state index >= 15 is 0 Å². The third-order valence-corrected chi connectivity index (χ3v) is 4.69. The summed E-state index contributed by atoms with van der Waals surface area (Å²) < 4.78 is 0. The summed E-state index contributed by atoms with van der Waals surface area (Å²) in [5, 5.41) is 0. The van der Waals surface area contributed by atoms with Gasteiger partial charge in [0.15, 0.2) is 0 Å². The molecule has 2 rings (SSSR count). The Morgan fingerprint density at radius 2 is 1.79 bits per heavy atom. The molecule has 0 saturated heterocycles. The molecule has 1 unspecified atom stereocenters. The van der Waals surface area contributed by atoms with E-state index in [1.165, 1.54) is 31.2 Å². The summed E-state index contributed by atoms with van der Waals surface area (Å²) in [6, 6.07) is 11.2. The van der Waals surface area contributed by atoms with E-state index in [1.807, 2.05) is 0 Å². The normalized spacial score (nSPS) is 25.5. The van der Waals surface area contributed by atoms with Gasteiger partial charge in [0.25, 0.3) is 0 Å². The van der Waals surface area contributed by atoms with Crippen molar-refractivity contribution in [2.24, 2.45) is 17.6 Å². The van der Waals surface area contributed by atoms with Gasteiger partial charge < -0.3 is 5.73 Å². The van der Waals surface area contributed by atoms with Crippen LogP contribution in [-0.2, 0) is 6.54 Å². The molecule has 1 atom stereocenters. The fraction of sp³-hybridized carbons (Fsp3) is 0.647. The number of rotatable bonds is 5. The third-order valence-electron chi connectivity index (χ3n) is 4.69. The average molecular weight is 260 g/mol. The van der Waals surface area contributed by atoms with E-state index in [2.05, 4.69) is 49.2 Å². The minimum Gasteiger partial charge on any atom is -0.329 e. The maximum absolute atomic E-state index is 6.05. The molecule has 1 aliphatic carbocycles. The van der Waals surface area contributed by atoms with E-state index in [0.29, 0.717) is 6.04 Å². The van der Waals surface area contributed by atoms with Gasteiger partial charge in [-0.15, -0.1) is 0 Å². The molecule has 1 aliphatic rings. The van der Waals surface area contributed by atoms with E-state index in [9.17, 15) is 0 Å². The Morgan fingerprint density at radius 3 is 2.37 bits per heavy atom. The van der Waals surface area contributed by atoms with Gasteiger partial charge in [0.1, 0.15) is 0 Å². The minimum absolute atomic E-state index is 0.535. The molecular weight excluding hydrogens is 232 g/mol. The number of hydrogen-bond donors (Lipinski definition) is 1. The second-order valence-electron chi connectivity index (χ2n) is 6.22. The van der Waals surface area contributed by atoms with E-state index in [-0.39, 0.29) is 0 Å². The molecule has 1 aromatic carbocycles. The Labute approximate surface area is 118 Å². The summed E-state index contributed by atoms with van der Waals surface area (Å²) in [6.07, 6.45) is 5.45. The van der Waals surface area contributed by atoms with Crippen molar-refractivity contribution >= 4 is 0 Å². The number of nitrogens with two attached hydrogens (primary N) is 1. The molecule has 0 aliphatic heterocycles. The van der Waals surface area contributed by atoms with Crippen molar-refractivity contribution in [3.63, 3.8) is 0 Å². The fourth-order valence-electron chi connectivity index (χ4n) is 3.39. The lowest BCUT2D eigenvalue weighted by molar-refractivity contribution is 0.130. The van der Waals surface area contributed by atoms with E-state index in [4.69, 9.17) is 5.73 Å². The molecule has 2 nitrogen and oxygen atoms in total. The van der Waals surface area contributed by atoms with Crippen LogP contribution in [0.2, 0.25) is 0 Å². The van der Waals surface area contributed by atoms with Gasteiger partial charge in [-0.05, 0) is 37.3 Å². The van der Waals surface area contributed by atoms with Crippen LogP contribution < -0.4 is 5.73 Å². The highest BCUT2D eigenvalue weighted by atomic mass is 15.1. The predicted octanol–water partition coefficient (Wildman–Crippen LogP) is 3.27. The van der Waals surface area contributed by atoms with E-state index in [0.717, 1.165) is 24.9 Å². The fourth-order valence-corrected chi connectivity index (χ4v) is 3.39. The molecule has 0 heterocycles. The maximum atomic E-state index is 6.05. The summed E-state index contributed by atoms with van der Waals surface area (Å²) in [5.74, 6) is 1.70. The van der Waals surface area contributed by atoms with Crippen LogP contribution in [0.3, 0.4) is 0 Å². The van der Waals surface area contributed by atoms with Gasteiger partial charge >= 0.3 is 0 Å². The van der Waals surface area contributed by atoms with Gasteiger partial charge in [-0.25, -0.2) is 0 Å². The molecule has 106 valence electrons. The minimum atomic E-state index is 0.535. The first-order chi connectivity index (χ1) is 9.20. The van der Waals surface area contributed by atoms with Crippen molar-refractivity contribution in [3.8, 4) is 0 Å². The highest BCUT2D eigenvalue weighted by Gasteiger charge is 2.27. The second kappa shape index (κ2) is 7.06. The zero-order valence-electron chi connectivity index (χ0n) is 12.4. The van der Waals surface area contributed by atoms with Gasteiger partial charge in [0, 0.05) is 19.1 Å². The molecule has 1 fully saturated rings. The second-order valence-corrected chi connectivity index (χ2v) is 6.22. The Hall–Kier alpha value is -0.860. The Balaban J connectivity index is 1.93. The zero-order valence-corrected chi connectivity index (χ0v) is 12.4. The lowest BCUT2D eigenvalue weighted by atomic mass is 9.79. The third kappa shape index (κ3) is 4.05. The van der Waals surface area contributed by atoms with Gasteiger partial charge in [-0.1, -0.05) is 50.1 Å². The SMILES string of the molecule is CC1CCC(C(CN)N(C)Cc2ccccc2)CC1. The van der Waals surface area contributed by atoms with Crippen molar-refractivity contribution in [2.75, 3.05) is 13.6 Å². The topological polar surface area (TPSA) is 29.3 Å². The van der Waals surface area contributed by atoms with Gasteiger partial charge in [0.05, 0.1) is 0 Å². The molecule has 1 saturated carbocycles. The summed E-state index contributed by atoms with van der Waals surface area (Å²) in [4.78, 5) is 2.45. The van der Waals surface area contributed by atoms with Crippen LogP contribution >= 0.6 is 0 Å². The predicted molar refractivity (Wildman–Crippen MR) is 81.9 cm³/mol. The Kier molecular flexibility index (Phi) is 5.41. The lowest BCUT2D eigenvalue weighted by Gasteiger charge is -2.37. The van der Waals surface area contributed by atoms with Crippen LogP contribution in [0, 0.1) is 11.8 Å². The summed E-state index contributed by atoms with van der Waals surface area (Å²) in [6.45, 7) is 4.17. The first-order valence-corrected chi connectivity index (χ1v) is 7.65. The van der Waals surface area contributed by atoms with Crippen LogP contribution in [0.5, 0.6) is 0 Å². The Morgan fingerprint density at radius 1 is 1.16 bits per heavy atom. The van der Waals surface area contributed by atoms with Gasteiger partial charge in [0.2, 0.25) is 0 Å². The molecule has 2 heteroatoms. The molecule has 0 radical (unpaired) electrons. The summed E-state index contributed by atoms with van der Waals surface area (Å²) in [5.41, 5.74) is 7.43. The molecule has 0 spiro atoms. The standard InChI is InChI=1S/C17H28N2/c1-14-8-10-16(11-9-14)17(12-18)19(2)13-15-6-4-3-5-7-15/h3-7,14,16-17H,8-13,18H2,1-2H3. The highest BCUT2D eigenvalue weighted by molar-refractivity contribution is 5.14. The quantitative estimate of drug-likeness (QED) is 0.880. The summed E-state index contributed by atoms with van der Waals surface area (Å²) >= 11 is 0. The van der Waals surface area contributed by atoms with Crippen molar-refractivity contribution in [1.82, 2.24) is 4.90 Å². The number of hydrogen-bond acceptors (Lipinski definition) is 2. The molecule has 0 bridgehead atoms. The smallest absolute Gasteiger partial charge is 0.0247 e. The Bertz CT molecular complexity index is 355. The van der Waals surface area contributed by atoms with Crippen LogP contribution in [0.25, 0.3) is 0 Å². The van der Waals surface area contributed by atoms with Crippen LogP contribution in [-0.4, -0.2) is 24.5 Å². The van der Waals surface area contributed by atoms with Crippen molar-refractivity contribution in [2.45, 2.75) is 45.2 Å². The van der Waals surface area contributed by atoms with E-state index < -0.39 is 0 Å². The molecular formula is C17H28N2. The van der Waals surface area contributed by atoms with Gasteiger partial charge in [-0.2, -0.15) is 0 Å². The number of nitrogens with zero attached hydrogens (tertiary/aromatic N) is 1. The molecule has 2 N–H and O–H groups in total. The first kappa shape index (κ1) is 14.5. The lowest BCUT2D eigenvalue weighted by Crippen LogP contribution is -2.44. The molecule has 0 aromatic heterocycles. The maximum Gasteiger partial charge on any atom is 0.0247 e. The largest absolute Gasteiger partial charge is 0.329 e. The van der Waals surface area contributed by atoms with Crippen molar-refractivity contribution in [3.05, 3.63) is 35.9 Å². The average Bonchev–Trinajstić information content (AvgIpc) is 2.43. The monoisotopic (exact) mass is 260 g/mol. The molecule has 0 amide bonds. The summed E-state index contributed by atoms with van der Waals surface area (Å²) in [7, 11) is 2.22. The zero-order chi connectivity index (χ0) is 13.7. The van der Waals surface area contributed by atoms with Crippen LogP contribution in [0.15, 0.2) is 30.3 Å². The van der Waals surface area contributed by atoms with E-state index in [1.54, 1.807) is 0 Å². The van der Waals surface area contributed by atoms with Crippen molar-refractivity contribution < 1.29 is 0 Å². The van der Waals surface area contributed by atoms with Gasteiger partial charge in [-0.3, -0.25) is 4.90 Å².